The number of methoxy groups -OCH3 is 1. The zero-order valence-electron chi connectivity index (χ0n) is 8.89. The molecule has 84 valence electrons. The average Bonchev–Trinajstić information content (AvgIpc) is 2.09. The summed E-state index contributed by atoms with van der Waals surface area (Å²) in [6, 6.07) is 4.60. The van der Waals surface area contributed by atoms with E-state index in [1.54, 1.807) is 19.2 Å². The first-order valence-corrected chi connectivity index (χ1v) is 5.04. The Morgan fingerprint density at radius 1 is 1.53 bits per heavy atom. The molecule has 1 atom stereocenters. The Morgan fingerprint density at radius 3 is 2.73 bits per heavy atom. The third-order valence-corrected chi connectivity index (χ3v) is 2.32. The van der Waals surface area contributed by atoms with E-state index in [0.717, 1.165) is 0 Å². The summed E-state index contributed by atoms with van der Waals surface area (Å²) in [5, 5.41) is 0.390. The van der Waals surface area contributed by atoms with Crippen LogP contribution in [0.5, 0.6) is 0 Å². The highest BCUT2D eigenvalue weighted by atomic mass is 35.5. The number of hydrogen-bond donors (Lipinski definition) is 1. The van der Waals surface area contributed by atoms with Crippen LogP contribution in [-0.2, 0) is 11.2 Å². The van der Waals surface area contributed by atoms with E-state index in [4.69, 9.17) is 22.1 Å². The SMILES string of the molecule is COCC(C)(N)Cc1ccc(Cl)cc1F. The summed E-state index contributed by atoms with van der Waals surface area (Å²) in [4.78, 5) is 0. The quantitative estimate of drug-likeness (QED) is 0.864. The molecule has 0 saturated heterocycles. The maximum absolute atomic E-state index is 13.4. The summed E-state index contributed by atoms with van der Waals surface area (Å²) in [7, 11) is 1.57. The first-order valence-electron chi connectivity index (χ1n) is 4.66. The monoisotopic (exact) mass is 231 g/mol. The smallest absolute Gasteiger partial charge is 0.127 e. The second-order valence-corrected chi connectivity index (χ2v) is 4.44. The predicted molar refractivity (Wildman–Crippen MR) is 59.6 cm³/mol. The van der Waals surface area contributed by atoms with E-state index < -0.39 is 5.54 Å². The molecular formula is C11H15ClFNO. The van der Waals surface area contributed by atoms with Crippen LogP contribution in [-0.4, -0.2) is 19.3 Å². The van der Waals surface area contributed by atoms with Crippen molar-refractivity contribution in [2.75, 3.05) is 13.7 Å². The number of halogens is 2. The lowest BCUT2D eigenvalue weighted by Gasteiger charge is -2.23. The third kappa shape index (κ3) is 3.78. The lowest BCUT2D eigenvalue weighted by molar-refractivity contribution is 0.140. The second kappa shape index (κ2) is 4.92. The van der Waals surface area contributed by atoms with Crippen LogP contribution in [0.4, 0.5) is 4.39 Å². The van der Waals surface area contributed by atoms with Gasteiger partial charge in [-0.3, -0.25) is 0 Å². The molecule has 0 aromatic heterocycles. The summed E-state index contributed by atoms with van der Waals surface area (Å²) in [6.07, 6.45) is 0.420. The Hall–Kier alpha value is -0.640. The van der Waals surface area contributed by atoms with Gasteiger partial charge in [-0.25, -0.2) is 4.39 Å². The van der Waals surface area contributed by atoms with Gasteiger partial charge < -0.3 is 10.5 Å². The van der Waals surface area contributed by atoms with Crippen molar-refractivity contribution in [3.05, 3.63) is 34.6 Å². The van der Waals surface area contributed by atoms with E-state index in [0.29, 0.717) is 23.6 Å². The third-order valence-electron chi connectivity index (χ3n) is 2.08. The van der Waals surface area contributed by atoms with Gasteiger partial charge in [0.05, 0.1) is 6.61 Å². The number of ether oxygens (including phenoxy) is 1. The molecule has 1 rings (SSSR count). The van der Waals surface area contributed by atoms with Gasteiger partial charge in [0.15, 0.2) is 0 Å². The van der Waals surface area contributed by atoms with E-state index in [1.807, 2.05) is 6.92 Å². The van der Waals surface area contributed by atoms with E-state index in [2.05, 4.69) is 0 Å². The lowest BCUT2D eigenvalue weighted by atomic mass is 9.94. The summed E-state index contributed by atoms with van der Waals surface area (Å²) in [5.74, 6) is -0.324. The molecule has 0 aliphatic heterocycles. The highest BCUT2D eigenvalue weighted by molar-refractivity contribution is 6.30. The molecule has 4 heteroatoms. The van der Waals surface area contributed by atoms with Crippen LogP contribution in [0, 0.1) is 5.82 Å². The topological polar surface area (TPSA) is 35.2 Å². The fraction of sp³-hybridized carbons (Fsp3) is 0.455. The summed E-state index contributed by atoms with van der Waals surface area (Å²) >= 11 is 5.65. The van der Waals surface area contributed by atoms with Gasteiger partial charge in [-0.1, -0.05) is 17.7 Å². The number of hydrogen-bond acceptors (Lipinski definition) is 2. The molecule has 2 nitrogen and oxygen atoms in total. The highest BCUT2D eigenvalue weighted by Crippen LogP contribution is 2.18. The van der Waals surface area contributed by atoms with Gasteiger partial charge in [-0.05, 0) is 31.0 Å². The minimum atomic E-state index is -0.566. The highest BCUT2D eigenvalue weighted by Gasteiger charge is 2.20. The minimum absolute atomic E-state index is 0.324. The van der Waals surface area contributed by atoms with Crippen molar-refractivity contribution in [3.63, 3.8) is 0 Å². The van der Waals surface area contributed by atoms with Crippen molar-refractivity contribution >= 4 is 11.6 Å². The van der Waals surface area contributed by atoms with Gasteiger partial charge in [0.1, 0.15) is 5.82 Å². The Bertz CT molecular complexity index is 341. The van der Waals surface area contributed by atoms with E-state index >= 15 is 0 Å². The molecule has 0 fully saturated rings. The molecule has 0 spiro atoms. The van der Waals surface area contributed by atoms with Crippen LogP contribution in [0.1, 0.15) is 12.5 Å². The molecule has 1 unspecified atom stereocenters. The Balaban J connectivity index is 2.80. The molecule has 0 aliphatic rings. The van der Waals surface area contributed by atoms with Crippen LogP contribution in [0.3, 0.4) is 0 Å². The summed E-state index contributed by atoms with van der Waals surface area (Å²) < 4.78 is 18.4. The maximum atomic E-state index is 13.4. The minimum Gasteiger partial charge on any atom is -0.383 e. The van der Waals surface area contributed by atoms with Crippen molar-refractivity contribution in [1.29, 1.82) is 0 Å². The predicted octanol–water partition coefficient (Wildman–Crippen LogP) is 2.39. The number of benzene rings is 1. The standard InChI is InChI=1S/C11H15ClFNO/c1-11(14,7-15-2)6-8-3-4-9(12)5-10(8)13/h3-5H,6-7,14H2,1-2H3. The first kappa shape index (κ1) is 12.4. The van der Waals surface area contributed by atoms with Gasteiger partial charge in [-0.2, -0.15) is 0 Å². The normalized spacial score (nSPS) is 15.0. The molecule has 0 saturated carbocycles. The van der Waals surface area contributed by atoms with Crippen molar-refractivity contribution in [2.45, 2.75) is 18.9 Å². The second-order valence-electron chi connectivity index (χ2n) is 4.00. The van der Waals surface area contributed by atoms with Gasteiger partial charge in [0.2, 0.25) is 0 Å². The molecule has 15 heavy (non-hydrogen) atoms. The molecule has 1 aromatic rings. The van der Waals surface area contributed by atoms with Gasteiger partial charge in [-0.15, -0.1) is 0 Å². The van der Waals surface area contributed by atoms with Crippen LogP contribution in [0.2, 0.25) is 5.02 Å². The van der Waals surface area contributed by atoms with Crippen LogP contribution in [0.25, 0.3) is 0 Å². The Kier molecular flexibility index (Phi) is 4.08. The molecule has 1 aromatic carbocycles. The van der Waals surface area contributed by atoms with Crippen molar-refractivity contribution < 1.29 is 9.13 Å². The summed E-state index contributed by atoms with van der Waals surface area (Å²) in [6.45, 7) is 2.21. The van der Waals surface area contributed by atoms with E-state index in [1.165, 1.54) is 6.07 Å². The Morgan fingerprint density at radius 2 is 2.20 bits per heavy atom. The van der Waals surface area contributed by atoms with Crippen LogP contribution in [0.15, 0.2) is 18.2 Å². The largest absolute Gasteiger partial charge is 0.383 e. The molecule has 0 radical (unpaired) electrons. The van der Waals surface area contributed by atoms with Crippen LogP contribution >= 0.6 is 11.6 Å². The molecular weight excluding hydrogens is 217 g/mol. The van der Waals surface area contributed by atoms with Gasteiger partial charge in [0, 0.05) is 17.7 Å². The van der Waals surface area contributed by atoms with Gasteiger partial charge >= 0.3 is 0 Å². The molecule has 0 aliphatic carbocycles. The van der Waals surface area contributed by atoms with Crippen LogP contribution < -0.4 is 5.73 Å². The van der Waals surface area contributed by atoms with Crippen molar-refractivity contribution in [3.8, 4) is 0 Å². The van der Waals surface area contributed by atoms with Gasteiger partial charge in [0.25, 0.3) is 0 Å². The van der Waals surface area contributed by atoms with E-state index in [9.17, 15) is 4.39 Å². The fourth-order valence-corrected chi connectivity index (χ4v) is 1.64. The zero-order chi connectivity index (χ0) is 11.5. The fourth-order valence-electron chi connectivity index (χ4n) is 1.48. The lowest BCUT2D eigenvalue weighted by Crippen LogP contribution is -2.43. The van der Waals surface area contributed by atoms with Crippen molar-refractivity contribution in [1.82, 2.24) is 0 Å². The average molecular weight is 232 g/mol. The number of rotatable bonds is 4. The number of nitrogens with two attached hydrogens (primary N) is 1. The molecule has 0 amide bonds. The maximum Gasteiger partial charge on any atom is 0.127 e. The summed E-state index contributed by atoms with van der Waals surface area (Å²) in [5.41, 5.74) is 5.93. The van der Waals surface area contributed by atoms with Crippen molar-refractivity contribution in [2.24, 2.45) is 5.73 Å². The first-order chi connectivity index (χ1) is 6.94. The Labute approximate surface area is 94.2 Å². The molecule has 0 heterocycles. The molecule has 0 bridgehead atoms. The zero-order valence-corrected chi connectivity index (χ0v) is 9.64. The van der Waals surface area contributed by atoms with E-state index in [-0.39, 0.29) is 5.82 Å². The molecule has 2 N–H and O–H groups in total.